The normalized spacial score (nSPS) is 18.6. The monoisotopic (exact) mass is 262 g/mol. The number of nitrogens with zero attached hydrogens (tertiary/aromatic N) is 2. The molecule has 1 unspecified atom stereocenters. The maximum atomic E-state index is 12.1. The van der Waals surface area contributed by atoms with Crippen LogP contribution in [0.3, 0.4) is 0 Å². The molecule has 2 N–H and O–H groups in total. The molecular weight excluding hydrogens is 244 g/mol. The Morgan fingerprint density at radius 2 is 2.26 bits per heavy atom. The highest BCUT2D eigenvalue weighted by molar-refractivity contribution is 6.04. The zero-order valence-electron chi connectivity index (χ0n) is 11.1. The van der Waals surface area contributed by atoms with Gasteiger partial charge in [0.25, 0.3) is 5.91 Å². The van der Waals surface area contributed by atoms with E-state index in [0.717, 1.165) is 12.0 Å². The molecule has 1 fully saturated rings. The number of amides is 3. The minimum atomic E-state index is -0.382. The molecule has 0 aliphatic carbocycles. The van der Waals surface area contributed by atoms with Crippen molar-refractivity contribution in [2.75, 3.05) is 12.4 Å². The second-order valence-corrected chi connectivity index (χ2v) is 4.48. The van der Waals surface area contributed by atoms with E-state index >= 15 is 0 Å². The van der Waals surface area contributed by atoms with E-state index in [0.29, 0.717) is 12.2 Å². The molecule has 0 saturated carbocycles. The van der Waals surface area contributed by atoms with Gasteiger partial charge in [-0.05, 0) is 12.5 Å². The fourth-order valence-electron chi connectivity index (χ4n) is 2.17. The Kier molecular flexibility index (Phi) is 3.99. The molecule has 6 nitrogen and oxygen atoms in total. The van der Waals surface area contributed by atoms with Crippen LogP contribution in [-0.2, 0) is 11.3 Å². The molecule has 1 saturated heterocycles. The molecule has 0 radical (unpaired) electrons. The molecule has 0 aromatic carbocycles. The van der Waals surface area contributed by atoms with E-state index in [9.17, 15) is 9.59 Å². The van der Waals surface area contributed by atoms with Gasteiger partial charge in [-0.15, -0.1) is 0 Å². The summed E-state index contributed by atoms with van der Waals surface area (Å²) >= 11 is 0. The van der Waals surface area contributed by atoms with Crippen LogP contribution in [0.4, 0.5) is 10.6 Å². The van der Waals surface area contributed by atoms with Crippen LogP contribution in [0.2, 0.25) is 0 Å². The average Bonchev–Trinajstić information content (AvgIpc) is 2.68. The largest absolute Gasteiger partial charge is 0.373 e. The van der Waals surface area contributed by atoms with Gasteiger partial charge in [0.05, 0.1) is 6.54 Å². The molecule has 0 bridgehead atoms. The van der Waals surface area contributed by atoms with E-state index in [1.807, 2.05) is 13.0 Å². The predicted octanol–water partition coefficient (Wildman–Crippen LogP) is 1.34. The van der Waals surface area contributed by atoms with E-state index in [1.54, 1.807) is 19.3 Å². The number of carbonyl (C=O) groups excluding carboxylic acids is 2. The second kappa shape index (κ2) is 5.69. The summed E-state index contributed by atoms with van der Waals surface area (Å²) in [7, 11) is 1.76. The molecule has 1 aromatic heterocycles. The first-order valence-corrected chi connectivity index (χ1v) is 6.41. The van der Waals surface area contributed by atoms with Gasteiger partial charge < -0.3 is 10.6 Å². The van der Waals surface area contributed by atoms with Crippen LogP contribution in [0.5, 0.6) is 0 Å². The Labute approximate surface area is 112 Å². The van der Waals surface area contributed by atoms with Crippen molar-refractivity contribution >= 4 is 17.8 Å². The lowest BCUT2D eigenvalue weighted by Gasteiger charge is -2.15. The highest BCUT2D eigenvalue weighted by Crippen LogP contribution is 2.18. The predicted molar refractivity (Wildman–Crippen MR) is 71.6 cm³/mol. The second-order valence-electron chi connectivity index (χ2n) is 4.48. The van der Waals surface area contributed by atoms with Crippen molar-refractivity contribution < 1.29 is 9.59 Å². The number of hydrogen-bond acceptors (Lipinski definition) is 4. The minimum Gasteiger partial charge on any atom is -0.373 e. The molecule has 1 aliphatic rings. The number of hydrogen-bond donors (Lipinski definition) is 2. The van der Waals surface area contributed by atoms with Gasteiger partial charge in [0.1, 0.15) is 11.9 Å². The molecule has 1 aliphatic heterocycles. The van der Waals surface area contributed by atoms with Gasteiger partial charge in [-0.1, -0.05) is 19.4 Å². The van der Waals surface area contributed by atoms with Crippen molar-refractivity contribution in [3.05, 3.63) is 23.9 Å². The molecule has 19 heavy (non-hydrogen) atoms. The van der Waals surface area contributed by atoms with Crippen molar-refractivity contribution in [2.45, 2.75) is 32.4 Å². The lowest BCUT2D eigenvalue weighted by molar-refractivity contribution is -0.128. The summed E-state index contributed by atoms with van der Waals surface area (Å²) in [5.41, 5.74) is 0.825. The zero-order chi connectivity index (χ0) is 13.8. The van der Waals surface area contributed by atoms with E-state index in [2.05, 4.69) is 15.6 Å². The van der Waals surface area contributed by atoms with Crippen molar-refractivity contribution in [3.8, 4) is 0 Å². The van der Waals surface area contributed by atoms with E-state index in [-0.39, 0.29) is 24.5 Å². The van der Waals surface area contributed by atoms with Crippen molar-refractivity contribution in [1.29, 1.82) is 0 Å². The number of carbonyl (C=O) groups is 2. The van der Waals surface area contributed by atoms with E-state index < -0.39 is 0 Å². The number of rotatable bonds is 5. The first kappa shape index (κ1) is 13.3. The average molecular weight is 262 g/mol. The molecule has 2 rings (SSSR count). The smallest absolute Gasteiger partial charge is 0.325 e. The summed E-state index contributed by atoms with van der Waals surface area (Å²) in [6.45, 7) is 2.23. The fourth-order valence-corrected chi connectivity index (χ4v) is 2.17. The molecular formula is C13H18N4O2. The fraction of sp³-hybridized carbons (Fsp3) is 0.462. The summed E-state index contributed by atoms with van der Waals surface area (Å²) in [6.07, 6.45) is 3.20. The Morgan fingerprint density at radius 1 is 1.47 bits per heavy atom. The zero-order valence-corrected chi connectivity index (χ0v) is 11.1. The lowest BCUT2D eigenvalue weighted by Crippen LogP contribution is -2.31. The summed E-state index contributed by atoms with van der Waals surface area (Å²) in [4.78, 5) is 29.4. The lowest BCUT2D eigenvalue weighted by atomic mass is 10.1. The summed E-state index contributed by atoms with van der Waals surface area (Å²) in [5, 5.41) is 5.66. The van der Waals surface area contributed by atoms with E-state index in [1.165, 1.54) is 4.90 Å². The first-order chi connectivity index (χ1) is 9.17. The maximum absolute atomic E-state index is 12.1. The SMILES string of the molecule is CCCC1NC(=O)N(Cc2cccnc2NC)C1=O. The van der Waals surface area contributed by atoms with Crippen LogP contribution in [0, 0.1) is 0 Å². The van der Waals surface area contributed by atoms with Crippen LogP contribution >= 0.6 is 0 Å². The van der Waals surface area contributed by atoms with Crippen LogP contribution in [-0.4, -0.2) is 34.9 Å². The summed E-state index contributed by atoms with van der Waals surface area (Å²) in [5.74, 6) is 0.528. The van der Waals surface area contributed by atoms with Crippen LogP contribution < -0.4 is 10.6 Å². The van der Waals surface area contributed by atoms with Crippen molar-refractivity contribution in [2.24, 2.45) is 0 Å². The number of imide groups is 1. The van der Waals surface area contributed by atoms with Gasteiger partial charge in [0.15, 0.2) is 0 Å². The number of anilines is 1. The highest BCUT2D eigenvalue weighted by atomic mass is 16.2. The van der Waals surface area contributed by atoms with Crippen LogP contribution in [0.1, 0.15) is 25.3 Å². The molecule has 1 atom stereocenters. The summed E-state index contributed by atoms with van der Waals surface area (Å²) < 4.78 is 0. The number of pyridine rings is 1. The van der Waals surface area contributed by atoms with Gasteiger partial charge in [0, 0.05) is 18.8 Å². The molecule has 102 valence electrons. The third-order valence-electron chi connectivity index (χ3n) is 3.14. The van der Waals surface area contributed by atoms with Gasteiger partial charge in [-0.3, -0.25) is 9.69 Å². The first-order valence-electron chi connectivity index (χ1n) is 6.41. The number of urea groups is 1. The molecule has 0 spiro atoms. The van der Waals surface area contributed by atoms with E-state index in [4.69, 9.17) is 0 Å². The molecule has 1 aromatic rings. The molecule has 3 amide bonds. The third-order valence-corrected chi connectivity index (χ3v) is 3.14. The Bertz CT molecular complexity index is 489. The topological polar surface area (TPSA) is 74.3 Å². The van der Waals surface area contributed by atoms with Crippen molar-refractivity contribution in [3.63, 3.8) is 0 Å². The molecule has 6 heteroatoms. The van der Waals surface area contributed by atoms with Crippen LogP contribution in [0.25, 0.3) is 0 Å². The Hall–Kier alpha value is -2.11. The van der Waals surface area contributed by atoms with Gasteiger partial charge >= 0.3 is 6.03 Å². The quantitative estimate of drug-likeness (QED) is 0.785. The maximum Gasteiger partial charge on any atom is 0.325 e. The Balaban J connectivity index is 2.14. The van der Waals surface area contributed by atoms with Crippen molar-refractivity contribution in [1.82, 2.24) is 15.2 Å². The third kappa shape index (κ3) is 2.67. The molecule has 2 heterocycles. The van der Waals surface area contributed by atoms with Gasteiger partial charge in [0.2, 0.25) is 0 Å². The Morgan fingerprint density at radius 3 is 2.95 bits per heavy atom. The number of aromatic nitrogens is 1. The van der Waals surface area contributed by atoms with Gasteiger partial charge in [-0.2, -0.15) is 0 Å². The standard InChI is InChI=1S/C13H18N4O2/c1-3-5-10-12(18)17(13(19)16-10)8-9-6-4-7-15-11(9)14-2/h4,6-7,10H,3,5,8H2,1-2H3,(H,14,15)(H,16,19). The summed E-state index contributed by atoms with van der Waals surface area (Å²) in [6, 6.07) is 2.94. The van der Waals surface area contributed by atoms with Crippen LogP contribution in [0.15, 0.2) is 18.3 Å². The number of nitrogens with one attached hydrogen (secondary N) is 2. The van der Waals surface area contributed by atoms with Gasteiger partial charge in [-0.25, -0.2) is 9.78 Å². The highest BCUT2D eigenvalue weighted by Gasteiger charge is 2.37. The minimum absolute atomic E-state index is 0.155.